The number of hydrogen-bond acceptors (Lipinski definition) is 2. The fraction of sp³-hybridized carbons (Fsp3) is 0.455. The molecule has 0 saturated carbocycles. The highest BCUT2D eigenvalue weighted by molar-refractivity contribution is 5.64. The largest absolute Gasteiger partial charge is 0.398 e. The zero-order valence-corrected chi connectivity index (χ0v) is 8.09. The van der Waals surface area contributed by atoms with Gasteiger partial charge in [-0.25, -0.2) is 0 Å². The molecule has 0 bridgehead atoms. The first-order valence-electron chi connectivity index (χ1n) is 4.89. The highest BCUT2D eigenvalue weighted by Crippen LogP contribution is 2.27. The van der Waals surface area contributed by atoms with E-state index in [0.29, 0.717) is 0 Å². The van der Waals surface area contributed by atoms with Crippen LogP contribution in [0.3, 0.4) is 0 Å². The molecule has 0 radical (unpaired) electrons. The van der Waals surface area contributed by atoms with Crippen LogP contribution in [0.5, 0.6) is 0 Å². The number of nitrogen functional groups attached to an aromatic ring is 1. The summed E-state index contributed by atoms with van der Waals surface area (Å²) in [5.74, 6) is 0. The topological polar surface area (TPSA) is 29.3 Å². The number of rotatable bonds is 1. The quantitative estimate of drug-likeness (QED) is 0.664. The Bertz CT molecular complexity index is 301. The maximum absolute atomic E-state index is 5.86. The molecular formula is C11H16N2. The van der Waals surface area contributed by atoms with Crippen LogP contribution < -0.4 is 10.6 Å². The predicted octanol–water partition coefficient (Wildman–Crippen LogP) is 2.18. The number of hydrogen-bond donors (Lipinski definition) is 1. The van der Waals surface area contributed by atoms with Crippen LogP contribution in [0.15, 0.2) is 18.2 Å². The van der Waals surface area contributed by atoms with Crippen molar-refractivity contribution in [1.82, 2.24) is 0 Å². The number of anilines is 2. The summed E-state index contributed by atoms with van der Waals surface area (Å²) in [6, 6.07) is 6.17. The number of nitrogens with two attached hydrogens (primary N) is 1. The van der Waals surface area contributed by atoms with Crippen molar-refractivity contribution in [2.75, 3.05) is 23.7 Å². The first kappa shape index (κ1) is 8.42. The molecule has 1 fully saturated rings. The standard InChI is InChI=1S/C11H16N2/c1-9-10(12)5-4-6-11(9)13-7-2-3-8-13/h4-6H,2-3,7-8,12H2,1H3. The van der Waals surface area contributed by atoms with E-state index in [1.807, 2.05) is 12.1 Å². The Balaban J connectivity index is 2.33. The van der Waals surface area contributed by atoms with Gasteiger partial charge >= 0.3 is 0 Å². The van der Waals surface area contributed by atoms with Crippen molar-refractivity contribution in [1.29, 1.82) is 0 Å². The molecule has 13 heavy (non-hydrogen) atoms. The molecule has 0 aliphatic carbocycles. The third-order valence-electron chi connectivity index (χ3n) is 2.79. The van der Waals surface area contributed by atoms with E-state index in [0.717, 1.165) is 5.69 Å². The molecule has 2 heteroatoms. The van der Waals surface area contributed by atoms with Gasteiger partial charge in [0.15, 0.2) is 0 Å². The minimum absolute atomic E-state index is 0.907. The van der Waals surface area contributed by atoms with E-state index in [9.17, 15) is 0 Å². The molecule has 0 unspecified atom stereocenters. The van der Waals surface area contributed by atoms with Crippen LogP contribution in [0, 0.1) is 6.92 Å². The third-order valence-corrected chi connectivity index (χ3v) is 2.79. The van der Waals surface area contributed by atoms with Gasteiger partial charge in [-0.3, -0.25) is 0 Å². The highest BCUT2D eigenvalue weighted by atomic mass is 15.1. The van der Waals surface area contributed by atoms with Gasteiger partial charge in [0, 0.05) is 24.5 Å². The predicted molar refractivity (Wildman–Crippen MR) is 57.0 cm³/mol. The second kappa shape index (κ2) is 3.29. The van der Waals surface area contributed by atoms with Crippen molar-refractivity contribution in [3.63, 3.8) is 0 Å². The molecule has 0 aromatic heterocycles. The molecule has 2 rings (SSSR count). The monoisotopic (exact) mass is 176 g/mol. The van der Waals surface area contributed by atoms with E-state index in [2.05, 4.69) is 17.9 Å². The van der Waals surface area contributed by atoms with Crippen LogP contribution in [0.4, 0.5) is 11.4 Å². The van der Waals surface area contributed by atoms with E-state index in [-0.39, 0.29) is 0 Å². The summed E-state index contributed by atoms with van der Waals surface area (Å²) in [6.45, 7) is 4.47. The highest BCUT2D eigenvalue weighted by Gasteiger charge is 2.14. The fourth-order valence-corrected chi connectivity index (χ4v) is 1.94. The molecule has 1 saturated heterocycles. The average Bonchev–Trinajstić information content (AvgIpc) is 2.62. The summed E-state index contributed by atoms with van der Waals surface area (Å²) in [5, 5.41) is 0. The van der Waals surface area contributed by atoms with Crippen LogP contribution in [-0.2, 0) is 0 Å². The summed E-state index contributed by atoms with van der Waals surface area (Å²) in [6.07, 6.45) is 2.63. The molecule has 1 aromatic rings. The van der Waals surface area contributed by atoms with E-state index in [1.165, 1.54) is 37.2 Å². The zero-order chi connectivity index (χ0) is 9.26. The van der Waals surface area contributed by atoms with Gasteiger partial charge in [-0.05, 0) is 37.5 Å². The molecule has 0 atom stereocenters. The molecule has 70 valence electrons. The molecule has 1 aliphatic heterocycles. The number of nitrogens with zero attached hydrogens (tertiary/aromatic N) is 1. The van der Waals surface area contributed by atoms with Crippen molar-refractivity contribution in [2.45, 2.75) is 19.8 Å². The maximum Gasteiger partial charge on any atom is 0.0416 e. The van der Waals surface area contributed by atoms with Gasteiger partial charge in [-0.2, -0.15) is 0 Å². The summed E-state index contributed by atoms with van der Waals surface area (Å²) in [5.41, 5.74) is 9.31. The lowest BCUT2D eigenvalue weighted by Gasteiger charge is -2.20. The van der Waals surface area contributed by atoms with Gasteiger partial charge in [0.2, 0.25) is 0 Å². The lowest BCUT2D eigenvalue weighted by Crippen LogP contribution is -2.18. The van der Waals surface area contributed by atoms with E-state index in [4.69, 9.17) is 5.73 Å². The van der Waals surface area contributed by atoms with Gasteiger partial charge in [0.1, 0.15) is 0 Å². The summed E-state index contributed by atoms with van der Waals surface area (Å²) in [4.78, 5) is 2.42. The molecule has 1 aromatic carbocycles. The summed E-state index contributed by atoms with van der Waals surface area (Å²) >= 11 is 0. The first-order valence-corrected chi connectivity index (χ1v) is 4.89. The smallest absolute Gasteiger partial charge is 0.0416 e. The Hall–Kier alpha value is -1.18. The van der Waals surface area contributed by atoms with Gasteiger partial charge in [-0.1, -0.05) is 6.07 Å². The molecular weight excluding hydrogens is 160 g/mol. The Morgan fingerprint density at radius 2 is 1.92 bits per heavy atom. The summed E-state index contributed by atoms with van der Waals surface area (Å²) < 4.78 is 0. The zero-order valence-electron chi connectivity index (χ0n) is 8.09. The molecule has 0 amide bonds. The summed E-state index contributed by atoms with van der Waals surface area (Å²) in [7, 11) is 0. The lowest BCUT2D eigenvalue weighted by atomic mass is 10.1. The second-order valence-corrected chi connectivity index (χ2v) is 3.69. The van der Waals surface area contributed by atoms with Crippen LogP contribution in [-0.4, -0.2) is 13.1 Å². The Kier molecular flexibility index (Phi) is 2.13. The second-order valence-electron chi connectivity index (χ2n) is 3.69. The SMILES string of the molecule is Cc1c(N)cccc1N1CCCC1. The van der Waals surface area contributed by atoms with Gasteiger partial charge < -0.3 is 10.6 Å². The van der Waals surface area contributed by atoms with E-state index >= 15 is 0 Å². The van der Waals surface area contributed by atoms with Crippen molar-refractivity contribution >= 4 is 11.4 Å². The van der Waals surface area contributed by atoms with Crippen molar-refractivity contribution in [3.8, 4) is 0 Å². The Labute approximate surface area is 79.4 Å². The Morgan fingerprint density at radius 3 is 2.62 bits per heavy atom. The van der Waals surface area contributed by atoms with Crippen molar-refractivity contribution in [3.05, 3.63) is 23.8 Å². The molecule has 0 spiro atoms. The third kappa shape index (κ3) is 1.48. The minimum atomic E-state index is 0.907. The normalized spacial score (nSPS) is 16.5. The van der Waals surface area contributed by atoms with Crippen LogP contribution in [0.1, 0.15) is 18.4 Å². The van der Waals surface area contributed by atoms with Crippen LogP contribution >= 0.6 is 0 Å². The minimum Gasteiger partial charge on any atom is -0.398 e. The van der Waals surface area contributed by atoms with Gasteiger partial charge in [-0.15, -0.1) is 0 Å². The first-order chi connectivity index (χ1) is 6.29. The molecule has 2 nitrogen and oxygen atoms in total. The average molecular weight is 176 g/mol. The van der Waals surface area contributed by atoms with Crippen LogP contribution in [0.2, 0.25) is 0 Å². The molecule has 1 heterocycles. The Morgan fingerprint density at radius 1 is 1.23 bits per heavy atom. The van der Waals surface area contributed by atoms with Gasteiger partial charge in [0.25, 0.3) is 0 Å². The maximum atomic E-state index is 5.86. The lowest BCUT2D eigenvalue weighted by molar-refractivity contribution is 0.949. The van der Waals surface area contributed by atoms with E-state index < -0.39 is 0 Å². The fourth-order valence-electron chi connectivity index (χ4n) is 1.94. The van der Waals surface area contributed by atoms with Gasteiger partial charge in [0.05, 0.1) is 0 Å². The molecule has 1 aliphatic rings. The molecule has 2 N–H and O–H groups in total. The van der Waals surface area contributed by atoms with Crippen molar-refractivity contribution < 1.29 is 0 Å². The van der Waals surface area contributed by atoms with E-state index in [1.54, 1.807) is 0 Å². The number of benzene rings is 1. The van der Waals surface area contributed by atoms with Crippen LogP contribution in [0.25, 0.3) is 0 Å². The van der Waals surface area contributed by atoms with Crippen molar-refractivity contribution in [2.24, 2.45) is 0 Å².